The Labute approximate surface area is 213 Å². The number of ether oxygens (including phenoxy) is 1. The number of pyridine rings is 4. The fourth-order valence-electron chi connectivity index (χ4n) is 4.01. The summed E-state index contributed by atoms with van der Waals surface area (Å²) in [5.74, 6) is 0.731. The first kappa shape index (κ1) is 25.3. The summed E-state index contributed by atoms with van der Waals surface area (Å²) in [5.41, 5.74) is 1.61. The summed E-state index contributed by atoms with van der Waals surface area (Å²) in [6.45, 7) is 8.83. The average Bonchev–Trinajstić information content (AvgIpc) is 2.79. The Bertz CT molecular complexity index is 1570. The van der Waals surface area contributed by atoms with Gasteiger partial charge in [-0.25, -0.2) is 4.98 Å². The van der Waals surface area contributed by atoms with Crippen molar-refractivity contribution < 1.29 is 9.84 Å². The molecule has 1 N–H and O–H groups in total. The Balaban J connectivity index is 1.74. The summed E-state index contributed by atoms with van der Waals surface area (Å²) in [5, 5.41) is 10.6. The standard InChI is InChI=1S/C27H27ClN4O4/c1-16-7-6-9-29-21(16)15-36-19-11-18(3)32(24(33)12-19)22-13-23(30-14-17(22)2)31-10-8-20(28)25(26(31)34)27(4,5)35/h6-14,35H,15H2,1-5H3. The molecule has 0 fully saturated rings. The third kappa shape index (κ3) is 4.96. The number of aromatic nitrogens is 4. The van der Waals surface area contributed by atoms with Crippen LogP contribution in [0.5, 0.6) is 5.75 Å². The Morgan fingerprint density at radius 2 is 1.81 bits per heavy atom. The molecule has 36 heavy (non-hydrogen) atoms. The molecule has 0 aliphatic rings. The number of aliphatic hydroxyl groups is 1. The van der Waals surface area contributed by atoms with Gasteiger partial charge in [0.1, 0.15) is 18.2 Å². The van der Waals surface area contributed by atoms with Gasteiger partial charge in [-0.1, -0.05) is 17.7 Å². The molecule has 4 aromatic rings. The zero-order valence-corrected chi connectivity index (χ0v) is 21.5. The quantitative estimate of drug-likeness (QED) is 0.421. The fourth-order valence-corrected chi connectivity index (χ4v) is 4.38. The molecule has 0 aromatic carbocycles. The summed E-state index contributed by atoms with van der Waals surface area (Å²) in [6, 6.07) is 10.2. The highest BCUT2D eigenvalue weighted by atomic mass is 35.5. The van der Waals surface area contributed by atoms with Gasteiger partial charge >= 0.3 is 0 Å². The lowest BCUT2D eigenvalue weighted by Gasteiger charge is -2.20. The highest BCUT2D eigenvalue weighted by Gasteiger charge is 2.25. The van der Waals surface area contributed by atoms with E-state index in [1.54, 1.807) is 31.5 Å². The number of rotatable bonds is 6. The molecule has 0 unspecified atom stereocenters. The molecule has 4 heterocycles. The molecule has 0 atom stereocenters. The molecule has 0 bridgehead atoms. The molecule has 186 valence electrons. The zero-order chi connectivity index (χ0) is 26.2. The van der Waals surface area contributed by atoms with Gasteiger partial charge in [0.2, 0.25) is 0 Å². The molecule has 0 saturated heterocycles. The van der Waals surface area contributed by atoms with Crippen molar-refractivity contribution in [2.75, 3.05) is 0 Å². The first-order valence-electron chi connectivity index (χ1n) is 11.4. The molecule has 4 aromatic heterocycles. The topological polar surface area (TPSA) is 99.2 Å². The molecule has 4 rings (SSSR count). The Morgan fingerprint density at radius 1 is 1.06 bits per heavy atom. The third-order valence-corrected chi connectivity index (χ3v) is 6.20. The van der Waals surface area contributed by atoms with Crippen molar-refractivity contribution in [3.63, 3.8) is 0 Å². The van der Waals surface area contributed by atoms with Crippen LogP contribution in [-0.4, -0.2) is 24.2 Å². The van der Waals surface area contributed by atoms with Gasteiger partial charge in [-0.15, -0.1) is 0 Å². The molecular weight excluding hydrogens is 480 g/mol. The maximum absolute atomic E-state index is 13.2. The minimum Gasteiger partial charge on any atom is -0.487 e. The van der Waals surface area contributed by atoms with Gasteiger partial charge in [-0.05, 0) is 57.9 Å². The van der Waals surface area contributed by atoms with Crippen LogP contribution in [-0.2, 0) is 12.2 Å². The van der Waals surface area contributed by atoms with Crippen molar-refractivity contribution in [1.29, 1.82) is 0 Å². The van der Waals surface area contributed by atoms with Crippen LogP contribution >= 0.6 is 11.6 Å². The number of hydrogen-bond donors (Lipinski definition) is 1. The Kier molecular flexibility index (Phi) is 6.84. The molecule has 0 aliphatic heterocycles. The number of aryl methyl sites for hydroxylation is 3. The smallest absolute Gasteiger partial charge is 0.263 e. The fraction of sp³-hybridized carbons (Fsp3) is 0.259. The van der Waals surface area contributed by atoms with Gasteiger partial charge in [0.15, 0.2) is 0 Å². The number of nitrogens with zero attached hydrogens (tertiary/aromatic N) is 4. The van der Waals surface area contributed by atoms with Gasteiger partial charge in [-0.3, -0.25) is 23.7 Å². The highest BCUT2D eigenvalue weighted by molar-refractivity contribution is 6.31. The monoisotopic (exact) mass is 506 g/mol. The van der Waals surface area contributed by atoms with Crippen LogP contribution in [0.4, 0.5) is 0 Å². The summed E-state index contributed by atoms with van der Waals surface area (Å²) in [4.78, 5) is 35.0. The van der Waals surface area contributed by atoms with Crippen LogP contribution in [0.15, 0.2) is 64.6 Å². The molecular formula is C27H27ClN4O4. The van der Waals surface area contributed by atoms with Gasteiger partial charge < -0.3 is 9.84 Å². The molecule has 9 heteroatoms. The molecule has 0 radical (unpaired) electrons. The number of hydrogen-bond acceptors (Lipinski definition) is 6. The van der Waals surface area contributed by atoms with Crippen molar-refractivity contribution in [2.45, 2.75) is 46.8 Å². The summed E-state index contributed by atoms with van der Waals surface area (Å²) < 4.78 is 8.69. The minimum absolute atomic E-state index is 0.0635. The van der Waals surface area contributed by atoms with E-state index in [1.807, 2.05) is 26.0 Å². The SMILES string of the molecule is Cc1cnc(-n2ccc(Cl)c(C(C)(C)O)c2=O)cc1-n1c(C)cc(OCc2ncccc2C)cc1=O. The van der Waals surface area contributed by atoms with Crippen LogP contribution in [0.2, 0.25) is 5.02 Å². The van der Waals surface area contributed by atoms with Gasteiger partial charge in [0.25, 0.3) is 11.1 Å². The molecule has 8 nitrogen and oxygen atoms in total. The van der Waals surface area contributed by atoms with E-state index in [9.17, 15) is 14.7 Å². The first-order valence-corrected chi connectivity index (χ1v) is 11.7. The van der Waals surface area contributed by atoms with E-state index < -0.39 is 11.2 Å². The van der Waals surface area contributed by atoms with Gasteiger partial charge in [-0.2, -0.15) is 0 Å². The van der Waals surface area contributed by atoms with E-state index in [-0.39, 0.29) is 22.8 Å². The largest absolute Gasteiger partial charge is 0.487 e. The summed E-state index contributed by atoms with van der Waals surface area (Å²) in [7, 11) is 0. The van der Waals surface area contributed by atoms with Crippen molar-refractivity contribution in [3.05, 3.63) is 109 Å². The zero-order valence-electron chi connectivity index (χ0n) is 20.7. The second kappa shape index (κ2) is 9.72. The van der Waals surface area contributed by atoms with Crippen LogP contribution in [0.3, 0.4) is 0 Å². The number of halogens is 1. The molecule has 0 aliphatic carbocycles. The van der Waals surface area contributed by atoms with Gasteiger partial charge in [0.05, 0.1) is 27.6 Å². The minimum atomic E-state index is -1.44. The first-order chi connectivity index (χ1) is 17.0. The van der Waals surface area contributed by atoms with E-state index in [0.717, 1.165) is 16.8 Å². The van der Waals surface area contributed by atoms with Crippen LogP contribution in [0, 0.1) is 20.8 Å². The maximum atomic E-state index is 13.2. The van der Waals surface area contributed by atoms with E-state index in [1.165, 1.54) is 41.3 Å². The van der Waals surface area contributed by atoms with Crippen molar-refractivity contribution in [2.24, 2.45) is 0 Å². The van der Waals surface area contributed by atoms with E-state index >= 15 is 0 Å². The molecule has 0 amide bonds. The van der Waals surface area contributed by atoms with Crippen molar-refractivity contribution in [3.8, 4) is 17.3 Å². The van der Waals surface area contributed by atoms with E-state index in [0.29, 0.717) is 22.9 Å². The predicted molar refractivity (Wildman–Crippen MR) is 138 cm³/mol. The van der Waals surface area contributed by atoms with Crippen molar-refractivity contribution in [1.82, 2.24) is 19.1 Å². The van der Waals surface area contributed by atoms with Crippen LogP contribution < -0.4 is 15.9 Å². The average molecular weight is 507 g/mol. The van der Waals surface area contributed by atoms with E-state index in [4.69, 9.17) is 16.3 Å². The summed E-state index contributed by atoms with van der Waals surface area (Å²) >= 11 is 6.20. The second-order valence-corrected chi connectivity index (χ2v) is 9.57. The molecule has 0 spiro atoms. The van der Waals surface area contributed by atoms with Crippen LogP contribution in [0.1, 0.15) is 41.9 Å². The second-order valence-electron chi connectivity index (χ2n) is 9.16. The van der Waals surface area contributed by atoms with Gasteiger partial charge in [0, 0.05) is 42.5 Å². The lowest BCUT2D eigenvalue weighted by Crippen LogP contribution is -2.32. The lowest BCUT2D eigenvalue weighted by molar-refractivity contribution is 0.0769. The van der Waals surface area contributed by atoms with E-state index in [2.05, 4.69) is 9.97 Å². The lowest BCUT2D eigenvalue weighted by atomic mass is 10.00. The molecule has 0 saturated carbocycles. The third-order valence-electron chi connectivity index (χ3n) is 5.88. The highest BCUT2D eigenvalue weighted by Crippen LogP contribution is 2.25. The Hall–Kier alpha value is -3.75. The van der Waals surface area contributed by atoms with Crippen molar-refractivity contribution >= 4 is 11.6 Å². The van der Waals surface area contributed by atoms with Crippen LogP contribution in [0.25, 0.3) is 11.5 Å². The predicted octanol–water partition coefficient (Wildman–Crippen LogP) is 4.16. The maximum Gasteiger partial charge on any atom is 0.263 e. The summed E-state index contributed by atoms with van der Waals surface area (Å²) in [6.07, 6.45) is 4.79. The Morgan fingerprint density at radius 3 is 2.47 bits per heavy atom. The normalized spacial score (nSPS) is 11.5.